The Balaban J connectivity index is 1.98. The molecule has 21 heavy (non-hydrogen) atoms. The van der Waals surface area contributed by atoms with Crippen LogP contribution in [0.4, 0.5) is 5.69 Å². The van der Waals surface area contributed by atoms with Gasteiger partial charge in [-0.2, -0.15) is 0 Å². The number of ether oxygens (including phenoxy) is 1. The van der Waals surface area contributed by atoms with E-state index < -0.39 is 0 Å². The molecule has 0 aliphatic rings. The highest BCUT2D eigenvalue weighted by Gasteiger charge is 1.95. The van der Waals surface area contributed by atoms with E-state index in [1.807, 2.05) is 60.0 Å². The number of aryl methyl sites for hydroxylation is 1. The molecule has 0 amide bonds. The lowest BCUT2D eigenvalue weighted by atomic mass is 10.2. The van der Waals surface area contributed by atoms with Crippen LogP contribution in [0.5, 0.6) is 5.75 Å². The Morgan fingerprint density at radius 3 is 2.67 bits per heavy atom. The van der Waals surface area contributed by atoms with Crippen LogP contribution < -0.4 is 4.74 Å². The van der Waals surface area contributed by atoms with Gasteiger partial charge in [0.05, 0.1) is 17.8 Å². The molecule has 108 valence electrons. The first-order valence-corrected chi connectivity index (χ1v) is 7.81. The molecule has 2 rings (SSSR count). The third-order valence-electron chi connectivity index (χ3n) is 2.74. The zero-order chi connectivity index (χ0) is 15.1. The van der Waals surface area contributed by atoms with Gasteiger partial charge in [-0.3, -0.25) is 0 Å². The van der Waals surface area contributed by atoms with Crippen molar-refractivity contribution in [3.05, 3.63) is 65.6 Å². The summed E-state index contributed by atoms with van der Waals surface area (Å²) in [6, 6.07) is 16.0. The van der Waals surface area contributed by atoms with Gasteiger partial charge in [-0.05, 0) is 48.7 Å². The third-order valence-corrected chi connectivity index (χ3v) is 3.79. The van der Waals surface area contributed by atoms with E-state index in [0.29, 0.717) is 5.04 Å². The quantitative estimate of drug-likeness (QED) is 0.351. The highest BCUT2D eigenvalue weighted by molar-refractivity contribution is 8.02. The second kappa shape index (κ2) is 7.96. The van der Waals surface area contributed by atoms with Crippen molar-refractivity contribution in [2.45, 2.75) is 11.8 Å². The molecule has 0 atom stereocenters. The van der Waals surface area contributed by atoms with E-state index in [1.165, 1.54) is 5.56 Å². The Bertz CT molecular complexity index is 648. The molecule has 0 bridgehead atoms. The first-order valence-electron chi connectivity index (χ1n) is 6.49. The highest BCUT2D eigenvalue weighted by atomic mass is 32.2. The van der Waals surface area contributed by atoms with E-state index in [-0.39, 0.29) is 0 Å². The average Bonchev–Trinajstić information content (AvgIpc) is 2.50. The second-order valence-electron chi connectivity index (χ2n) is 4.41. The normalized spacial score (nSPS) is 11.9. The lowest BCUT2D eigenvalue weighted by Crippen LogP contribution is -1.81. The van der Waals surface area contributed by atoms with Crippen LogP contribution in [0.3, 0.4) is 0 Å². The summed E-state index contributed by atoms with van der Waals surface area (Å²) in [5.74, 6) is 0.854. The zero-order valence-electron chi connectivity index (χ0n) is 12.0. The molecule has 0 N–H and O–H groups in total. The Morgan fingerprint density at radius 2 is 1.95 bits per heavy atom. The van der Waals surface area contributed by atoms with E-state index in [0.717, 1.165) is 16.3 Å². The molecule has 2 nitrogen and oxygen atoms in total. The first kappa shape index (κ1) is 15.7. The SMILES string of the molecule is COc1cccc(SC=CC(S)=Nc2ccc(C)cc2)c1. The van der Waals surface area contributed by atoms with Gasteiger partial charge in [0, 0.05) is 4.90 Å². The molecule has 0 heterocycles. The van der Waals surface area contributed by atoms with Crippen molar-refractivity contribution in [2.75, 3.05) is 7.11 Å². The molecule has 0 radical (unpaired) electrons. The molecule has 0 aliphatic heterocycles. The number of nitrogens with zero attached hydrogens (tertiary/aromatic N) is 1. The molecular weight excluding hydrogens is 298 g/mol. The van der Waals surface area contributed by atoms with E-state index in [9.17, 15) is 0 Å². The van der Waals surface area contributed by atoms with Crippen molar-refractivity contribution >= 4 is 35.1 Å². The predicted molar refractivity (Wildman–Crippen MR) is 95.3 cm³/mol. The van der Waals surface area contributed by atoms with Gasteiger partial charge in [-0.1, -0.05) is 35.5 Å². The maximum atomic E-state index is 5.19. The average molecular weight is 315 g/mol. The predicted octanol–water partition coefficient (Wildman–Crippen LogP) is 5.27. The Morgan fingerprint density at radius 1 is 1.19 bits per heavy atom. The summed E-state index contributed by atoms with van der Waals surface area (Å²) in [6.07, 6.45) is 1.88. The van der Waals surface area contributed by atoms with Crippen LogP contribution in [0.25, 0.3) is 0 Å². The third kappa shape index (κ3) is 5.33. The molecular formula is C17H17NOS2. The second-order valence-corrected chi connectivity index (χ2v) is 5.84. The minimum absolute atomic E-state index is 0.675. The smallest absolute Gasteiger partial charge is 0.119 e. The molecule has 0 aliphatic carbocycles. The first-order chi connectivity index (χ1) is 10.2. The number of thiol groups is 1. The van der Waals surface area contributed by atoms with Gasteiger partial charge in [0.25, 0.3) is 0 Å². The summed E-state index contributed by atoms with van der Waals surface area (Å²) in [5, 5.41) is 2.64. The van der Waals surface area contributed by atoms with Gasteiger partial charge >= 0.3 is 0 Å². The summed E-state index contributed by atoms with van der Waals surface area (Å²) < 4.78 is 5.19. The monoisotopic (exact) mass is 315 g/mol. The van der Waals surface area contributed by atoms with E-state index in [1.54, 1.807) is 18.9 Å². The number of rotatable bonds is 5. The summed E-state index contributed by atoms with van der Waals surface area (Å²) >= 11 is 5.98. The Hall–Kier alpha value is -1.65. The minimum atomic E-state index is 0.675. The molecule has 4 heteroatoms. The minimum Gasteiger partial charge on any atom is -0.497 e. The van der Waals surface area contributed by atoms with Crippen molar-refractivity contribution < 1.29 is 4.74 Å². The van der Waals surface area contributed by atoms with Crippen molar-refractivity contribution in [3.63, 3.8) is 0 Å². The van der Waals surface area contributed by atoms with Gasteiger partial charge in [0.15, 0.2) is 0 Å². The summed E-state index contributed by atoms with van der Waals surface area (Å²) in [4.78, 5) is 5.53. The molecule has 0 aromatic heterocycles. The summed E-state index contributed by atoms with van der Waals surface area (Å²) in [7, 11) is 1.67. The van der Waals surface area contributed by atoms with Crippen LogP contribution in [0.15, 0.2) is 69.9 Å². The van der Waals surface area contributed by atoms with Gasteiger partial charge < -0.3 is 4.74 Å². The number of thioether (sulfide) groups is 1. The molecule has 0 saturated carbocycles. The summed E-state index contributed by atoms with van der Waals surface area (Å²) in [6.45, 7) is 2.06. The number of hydrogen-bond donors (Lipinski definition) is 1. The Labute approximate surface area is 135 Å². The fourth-order valence-electron chi connectivity index (χ4n) is 1.64. The van der Waals surface area contributed by atoms with Crippen molar-refractivity contribution in [2.24, 2.45) is 4.99 Å². The Kier molecular flexibility index (Phi) is 5.96. The van der Waals surface area contributed by atoms with Crippen LogP contribution in [0.2, 0.25) is 0 Å². The molecule has 0 fully saturated rings. The number of hydrogen-bond acceptors (Lipinski definition) is 3. The maximum absolute atomic E-state index is 5.19. The van der Waals surface area contributed by atoms with Crippen molar-refractivity contribution in [1.29, 1.82) is 0 Å². The largest absolute Gasteiger partial charge is 0.497 e. The number of methoxy groups -OCH3 is 1. The van der Waals surface area contributed by atoms with Gasteiger partial charge in [0.1, 0.15) is 5.75 Å². The molecule has 2 aromatic carbocycles. The van der Waals surface area contributed by atoms with Crippen LogP contribution >= 0.6 is 24.4 Å². The molecule has 0 unspecified atom stereocenters. The fraction of sp³-hybridized carbons (Fsp3) is 0.118. The van der Waals surface area contributed by atoms with Gasteiger partial charge in [0.2, 0.25) is 0 Å². The zero-order valence-corrected chi connectivity index (χ0v) is 13.7. The highest BCUT2D eigenvalue weighted by Crippen LogP contribution is 2.24. The van der Waals surface area contributed by atoms with Crippen LogP contribution in [-0.2, 0) is 0 Å². The maximum Gasteiger partial charge on any atom is 0.119 e. The number of benzene rings is 2. The van der Waals surface area contributed by atoms with E-state index in [2.05, 4.69) is 24.5 Å². The molecule has 0 spiro atoms. The standard InChI is InChI=1S/C17H17NOS2/c1-13-6-8-14(9-7-13)18-17(20)10-11-21-16-5-3-4-15(12-16)19-2/h3-12H,1-2H3,(H,18,20). The fourth-order valence-corrected chi connectivity index (χ4v) is 2.62. The molecule has 0 saturated heterocycles. The van der Waals surface area contributed by atoms with E-state index in [4.69, 9.17) is 4.74 Å². The number of aliphatic imine (C=N–C) groups is 1. The van der Waals surface area contributed by atoms with Crippen LogP contribution in [0, 0.1) is 6.92 Å². The molecule has 2 aromatic rings. The van der Waals surface area contributed by atoms with E-state index >= 15 is 0 Å². The van der Waals surface area contributed by atoms with Gasteiger partial charge in [-0.15, -0.1) is 12.6 Å². The van der Waals surface area contributed by atoms with Crippen molar-refractivity contribution in [1.82, 2.24) is 0 Å². The summed E-state index contributed by atoms with van der Waals surface area (Å²) in [5.41, 5.74) is 2.13. The van der Waals surface area contributed by atoms with Crippen LogP contribution in [0.1, 0.15) is 5.56 Å². The van der Waals surface area contributed by atoms with Crippen LogP contribution in [-0.4, -0.2) is 12.2 Å². The topological polar surface area (TPSA) is 21.6 Å². The van der Waals surface area contributed by atoms with Gasteiger partial charge in [-0.25, -0.2) is 4.99 Å². The lowest BCUT2D eigenvalue weighted by Gasteiger charge is -2.01. The van der Waals surface area contributed by atoms with Crippen molar-refractivity contribution in [3.8, 4) is 5.75 Å². The lowest BCUT2D eigenvalue weighted by molar-refractivity contribution is 0.413.